The number of piperidine rings is 1. The highest BCUT2D eigenvalue weighted by atomic mass is 32.1. The number of amides is 2. The molecule has 12 heteroatoms. The number of nitrogens with one attached hydrogen (secondary N) is 1. The molecule has 6 aromatic rings. The number of nitrogens with two attached hydrogens (primary N) is 1. The molecule has 3 N–H and O–H groups in total. The van der Waals surface area contributed by atoms with Crippen LogP contribution in [0.3, 0.4) is 0 Å². The second kappa shape index (κ2) is 11.7. The lowest BCUT2D eigenvalue weighted by atomic mass is 9.83. The third-order valence-electron chi connectivity index (χ3n) is 8.65. The van der Waals surface area contributed by atoms with Gasteiger partial charge in [0.25, 0.3) is 5.91 Å². The predicted octanol–water partition coefficient (Wildman–Crippen LogP) is 5.39. The first-order chi connectivity index (χ1) is 22.2. The van der Waals surface area contributed by atoms with Gasteiger partial charge < -0.3 is 11.1 Å². The summed E-state index contributed by atoms with van der Waals surface area (Å²) in [6, 6.07) is 19.4. The van der Waals surface area contributed by atoms with Gasteiger partial charge in [0.2, 0.25) is 5.91 Å². The van der Waals surface area contributed by atoms with Crippen LogP contribution in [0.5, 0.6) is 0 Å². The summed E-state index contributed by atoms with van der Waals surface area (Å²) in [5.41, 5.74) is 8.04. The van der Waals surface area contributed by atoms with Crippen LogP contribution in [-0.4, -0.2) is 55.9 Å². The number of anilines is 1. The van der Waals surface area contributed by atoms with Crippen molar-refractivity contribution in [2.75, 3.05) is 18.0 Å². The number of pyridine rings is 2. The molecule has 1 saturated heterocycles. The van der Waals surface area contributed by atoms with Crippen molar-refractivity contribution in [2.24, 2.45) is 5.73 Å². The smallest absolute Gasteiger partial charge is 0.262 e. The van der Waals surface area contributed by atoms with Crippen molar-refractivity contribution >= 4 is 50.2 Å². The minimum atomic E-state index is -0.794. The van der Waals surface area contributed by atoms with Gasteiger partial charge in [-0.2, -0.15) is 4.68 Å². The van der Waals surface area contributed by atoms with E-state index >= 15 is 4.39 Å². The molecule has 1 fully saturated rings. The van der Waals surface area contributed by atoms with Crippen molar-refractivity contribution in [1.29, 1.82) is 0 Å². The quantitative estimate of drug-likeness (QED) is 0.241. The van der Waals surface area contributed by atoms with Gasteiger partial charge in [0.15, 0.2) is 5.65 Å². The zero-order chi connectivity index (χ0) is 32.0. The fraction of sp³-hybridized carbons (Fsp3) is 0.235. The zero-order valence-corrected chi connectivity index (χ0v) is 26.1. The molecule has 0 aliphatic carbocycles. The van der Waals surface area contributed by atoms with Gasteiger partial charge in [-0.25, -0.2) is 14.4 Å². The summed E-state index contributed by atoms with van der Waals surface area (Å²) in [7, 11) is 0. The molecule has 0 radical (unpaired) electrons. The topological polar surface area (TPSA) is 132 Å². The lowest BCUT2D eigenvalue weighted by Crippen LogP contribution is -2.49. The molecule has 2 amide bonds. The van der Waals surface area contributed by atoms with E-state index in [2.05, 4.69) is 20.6 Å². The molecule has 0 bridgehead atoms. The average molecular weight is 635 g/mol. The molecule has 2 aromatic carbocycles. The Morgan fingerprint density at radius 3 is 2.63 bits per heavy atom. The van der Waals surface area contributed by atoms with Crippen molar-refractivity contribution in [3.8, 4) is 16.1 Å². The van der Waals surface area contributed by atoms with Gasteiger partial charge in [0, 0.05) is 40.0 Å². The number of benzene rings is 2. The van der Waals surface area contributed by atoms with Crippen LogP contribution in [0.4, 0.5) is 10.2 Å². The van der Waals surface area contributed by atoms with Crippen LogP contribution in [0.15, 0.2) is 79.1 Å². The number of nitrogens with zero attached hydrogens (tertiary/aromatic N) is 6. The van der Waals surface area contributed by atoms with Crippen molar-refractivity contribution in [3.05, 3.63) is 96.1 Å². The van der Waals surface area contributed by atoms with E-state index in [1.165, 1.54) is 16.8 Å². The minimum absolute atomic E-state index is 0.0615. The highest BCUT2D eigenvalue weighted by Crippen LogP contribution is 2.39. The number of halogens is 1. The molecule has 0 unspecified atom stereocenters. The van der Waals surface area contributed by atoms with Crippen LogP contribution in [0, 0.1) is 5.82 Å². The molecule has 4 aromatic heterocycles. The first-order valence-electron chi connectivity index (χ1n) is 15.0. The lowest BCUT2D eigenvalue weighted by molar-refractivity contribution is -0.122. The van der Waals surface area contributed by atoms with Crippen LogP contribution in [0.2, 0.25) is 0 Å². The number of carbonyl (C=O) groups is 2. The number of primary amides is 1. The minimum Gasteiger partial charge on any atom is -0.369 e. The Balaban J connectivity index is 1.27. The van der Waals surface area contributed by atoms with E-state index in [1.54, 1.807) is 60.7 Å². The summed E-state index contributed by atoms with van der Waals surface area (Å²) >= 11 is 1.58. The largest absolute Gasteiger partial charge is 0.369 e. The van der Waals surface area contributed by atoms with Crippen molar-refractivity contribution < 1.29 is 14.0 Å². The zero-order valence-electron chi connectivity index (χ0n) is 25.3. The first kappa shape index (κ1) is 29.6. The molecular formula is C34H31FN8O2S. The molecule has 7 rings (SSSR count). The molecule has 1 atom stereocenters. The van der Waals surface area contributed by atoms with Gasteiger partial charge >= 0.3 is 0 Å². The van der Waals surface area contributed by atoms with Gasteiger partial charge in [-0.15, -0.1) is 16.4 Å². The monoisotopic (exact) mass is 634 g/mol. The number of hydrogen-bond acceptors (Lipinski definition) is 8. The second-order valence-corrected chi connectivity index (χ2v) is 13.0. The summed E-state index contributed by atoms with van der Waals surface area (Å²) < 4.78 is 18.2. The van der Waals surface area contributed by atoms with Gasteiger partial charge in [-0.05, 0) is 80.8 Å². The van der Waals surface area contributed by atoms with Gasteiger partial charge in [-0.3, -0.25) is 14.5 Å². The maximum absolute atomic E-state index is 15.8. The van der Waals surface area contributed by atoms with E-state index < -0.39 is 23.0 Å². The summed E-state index contributed by atoms with van der Waals surface area (Å²) in [6.45, 7) is 5.02. The van der Waals surface area contributed by atoms with Gasteiger partial charge in [-0.1, -0.05) is 29.5 Å². The molecule has 1 aliphatic heterocycles. The van der Waals surface area contributed by atoms with E-state index in [1.807, 2.05) is 36.4 Å². The van der Waals surface area contributed by atoms with Crippen LogP contribution in [0.1, 0.15) is 42.6 Å². The Bertz CT molecular complexity index is 2100. The van der Waals surface area contributed by atoms with Crippen molar-refractivity contribution in [1.82, 2.24) is 30.3 Å². The summed E-state index contributed by atoms with van der Waals surface area (Å²) in [4.78, 5) is 37.9. The Labute approximate surface area is 268 Å². The molecule has 10 nitrogen and oxygen atoms in total. The Hall–Kier alpha value is -5.07. The third-order valence-corrected chi connectivity index (χ3v) is 9.80. The van der Waals surface area contributed by atoms with E-state index in [0.29, 0.717) is 29.2 Å². The summed E-state index contributed by atoms with van der Waals surface area (Å²) in [5, 5.41) is 12.4. The number of thiophene rings is 1. The number of aromatic nitrogens is 5. The van der Waals surface area contributed by atoms with Gasteiger partial charge in [0.1, 0.15) is 17.2 Å². The molecular weight excluding hydrogens is 603 g/mol. The number of rotatable bonds is 7. The van der Waals surface area contributed by atoms with Gasteiger partial charge in [0.05, 0.1) is 22.7 Å². The van der Waals surface area contributed by atoms with Crippen LogP contribution in [-0.2, 0) is 10.2 Å². The van der Waals surface area contributed by atoms with Crippen molar-refractivity contribution in [2.45, 2.75) is 38.1 Å². The summed E-state index contributed by atoms with van der Waals surface area (Å²) in [5.74, 6) is -1.05. The molecule has 1 aliphatic rings. The molecule has 0 saturated carbocycles. The number of carbonyl (C=O) groups excluding carboxylic acids is 2. The molecule has 0 spiro atoms. The number of hydrogen-bond donors (Lipinski definition) is 2. The normalized spacial score (nSPS) is 15.3. The highest BCUT2D eigenvalue weighted by Gasteiger charge is 2.32. The van der Waals surface area contributed by atoms with Crippen molar-refractivity contribution in [3.63, 3.8) is 0 Å². The Morgan fingerprint density at radius 2 is 1.89 bits per heavy atom. The fourth-order valence-electron chi connectivity index (χ4n) is 5.84. The predicted molar refractivity (Wildman–Crippen MR) is 177 cm³/mol. The van der Waals surface area contributed by atoms with Crippen LogP contribution in [0.25, 0.3) is 37.4 Å². The third kappa shape index (κ3) is 5.19. The lowest BCUT2D eigenvalue weighted by Gasteiger charge is -2.34. The molecule has 46 heavy (non-hydrogen) atoms. The van der Waals surface area contributed by atoms with Crippen LogP contribution < -0.4 is 16.0 Å². The maximum atomic E-state index is 15.8. The Morgan fingerprint density at radius 1 is 1.07 bits per heavy atom. The van der Waals surface area contributed by atoms with E-state index in [0.717, 1.165) is 45.5 Å². The highest BCUT2D eigenvalue weighted by molar-refractivity contribution is 7.22. The molecule has 5 heterocycles. The van der Waals surface area contributed by atoms with E-state index in [9.17, 15) is 9.59 Å². The first-order valence-corrected chi connectivity index (χ1v) is 15.8. The second-order valence-electron chi connectivity index (χ2n) is 11.9. The number of fused-ring (bicyclic) bond motifs is 2. The summed E-state index contributed by atoms with van der Waals surface area (Å²) in [6.07, 6.45) is 4.94. The fourth-order valence-corrected chi connectivity index (χ4v) is 6.90. The maximum Gasteiger partial charge on any atom is 0.262 e. The molecule has 232 valence electrons. The van der Waals surface area contributed by atoms with Crippen LogP contribution >= 0.6 is 11.3 Å². The van der Waals surface area contributed by atoms with E-state index in [-0.39, 0.29) is 11.6 Å². The van der Waals surface area contributed by atoms with E-state index in [4.69, 9.17) is 10.7 Å². The SMILES string of the molecule is CC(C)(C(N)=O)c1ccc(-c2cc3c(N(C(=O)c4ccc(-n5nnc6cccnc65)cc4F)[C@@H]4CCCNC4)nccc3s2)cc1. The average Bonchev–Trinajstić information content (AvgIpc) is 3.71. The standard InChI is InChI=1S/C34H31FN8O2S/c1-34(2,33(36)45)21-9-7-20(8-10-21)29-18-25-28(46-29)13-16-39-30(25)42(23-5-3-14-37-19-23)32(44)24-12-11-22(17-26(24)35)43-31-27(40-41-43)6-4-15-38-31/h4,6-13,15-18,23,37H,3,5,14,19H2,1-2H3,(H2,36,45)/t23-/m1/s1. The Kier molecular flexibility index (Phi) is 7.53.